The highest BCUT2D eigenvalue weighted by Crippen LogP contribution is 2.40. The van der Waals surface area contributed by atoms with Crippen LogP contribution in [0.15, 0.2) is 12.1 Å². The Morgan fingerprint density at radius 1 is 1.08 bits per heavy atom. The van der Waals surface area contributed by atoms with Crippen LogP contribution in [-0.4, -0.2) is 76.3 Å². The van der Waals surface area contributed by atoms with Crippen molar-refractivity contribution >= 4 is 5.91 Å². The lowest BCUT2D eigenvalue weighted by Gasteiger charge is -2.37. The zero-order valence-corrected chi connectivity index (χ0v) is 15.8. The van der Waals surface area contributed by atoms with Gasteiger partial charge in [-0.05, 0) is 13.0 Å². The zero-order valence-electron chi connectivity index (χ0n) is 15.8. The Labute approximate surface area is 149 Å². The topological polar surface area (TPSA) is 63.3 Å². The number of rotatable bonds is 7. The first-order valence-corrected chi connectivity index (χ1v) is 8.51. The molecule has 1 N–H and O–H groups in total. The summed E-state index contributed by atoms with van der Waals surface area (Å²) in [4.78, 5) is 16.4. The number of carbonyl (C=O) groups is 1. The molecular weight excluding hydrogens is 322 g/mol. The summed E-state index contributed by atoms with van der Waals surface area (Å²) in [6.45, 7) is 6.25. The van der Waals surface area contributed by atoms with E-state index in [1.54, 1.807) is 28.4 Å². The second-order valence-electron chi connectivity index (χ2n) is 6.10. The van der Waals surface area contributed by atoms with E-state index in [1.807, 2.05) is 19.1 Å². The quantitative estimate of drug-likeness (QED) is 0.790. The summed E-state index contributed by atoms with van der Waals surface area (Å²) in [6.07, 6.45) is 0. The molecule has 1 aromatic carbocycles. The molecule has 1 atom stereocenters. The average molecular weight is 351 g/mol. The van der Waals surface area contributed by atoms with Crippen molar-refractivity contribution in [3.63, 3.8) is 0 Å². The highest BCUT2D eigenvalue weighted by molar-refractivity contribution is 5.80. The molecule has 0 saturated carbocycles. The van der Waals surface area contributed by atoms with Crippen molar-refractivity contribution in [2.45, 2.75) is 19.5 Å². The predicted molar refractivity (Wildman–Crippen MR) is 96.5 cm³/mol. The van der Waals surface area contributed by atoms with E-state index < -0.39 is 0 Å². The third kappa shape index (κ3) is 4.35. The van der Waals surface area contributed by atoms with Crippen LogP contribution in [0.2, 0.25) is 0 Å². The van der Waals surface area contributed by atoms with E-state index in [0.717, 1.165) is 38.3 Å². The normalized spacial score (nSPS) is 17.0. The fourth-order valence-electron chi connectivity index (χ4n) is 3.21. The van der Waals surface area contributed by atoms with Gasteiger partial charge in [0.05, 0.1) is 27.4 Å². The summed E-state index contributed by atoms with van der Waals surface area (Å²) in [6, 6.07) is 3.82. The summed E-state index contributed by atoms with van der Waals surface area (Å²) in [7, 11) is 6.55. The number of piperazine rings is 1. The van der Waals surface area contributed by atoms with Crippen LogP contribution in [0.3, 0.4) is 0 Å². The summed E-state index contributed by atoms with van der Waals surface area (Å²) in [5.74, 6) is 2.06. The molecule has 7 nitrogen and oxygen atoms in total. The van der Waals surface area contributed by atoms with Crippen molar-refractivity contribution in [2.75, 3.05) is 54.6 Å². The molecule has 1 heterocycles. The molecule has 0 radical (unpaired) electrons. The fourth-order valence-corrected chi connectivity index (χ4v) is 3.21. The molecule has 1 saturated heterocycles. The van der Waals surface area contributed by atoms with Gasteiger partial charge in [-0.1, -0.05) is 6.07 Å². The van der Waals surface area contributed by atoms with Crippen LogP contribution in [0, 0.1) is 0 Å². The molecule has 1 amide bonds. The molecule has 1 aliphatic heterocycles. The molecule has 1 aromatic rings. The van der Waals surface area contributed by atoms with Gasteiger partial charge in [0, 0.05) is 45.3 Å². The van der Waals surface area contributed by atoms with Crippen molar-refractivity contribution in [1.82, 2.24) is 15.1 Å². The van der Waals surface area contributed by atoms with Gasteiger partial charge in [-0.15, -0.1) is 0 Å². The Hall–Kier alpha value is -1.99. The molecule has 140 valence electrons. The van der Waals surface area contributed by atoms with Gasteiger partial charge < -0.3 is 19.5 Å². The average Bonchev–Trinajstić information content (AvgIpc) is 2.66. The standard InChI is InChI=1S/C18H29N3O4/c1-13(18(22)19-2)21-10-8-20(9-11-21)12-14-6-7-15(23-3)17(25-5)16(14)24-4/h6-7,13H,8-12H2,1-5H3,(H,19,22)/t13-/m0/s1. The first-order valence-electron chi connectivity index (χ1n) is 8.51. The Morgan fingerprint density at radius 2 is 1.72 bits per heavy atom. The SMILES string of the molecule is CNC(=O)[C@H](C)N1CCN(Cc2ccc(OC)c(OC)c2OC)CC1. The number of nitrogens with zero attached hydrogens (tertiary/aromatic N) is 2. The maximum Gasteiger partial charge on any atom is 0.236 e. The third-order valence-electron chi connectivity index (χ3n) is 4.76. The molecule has 25 heavy (non-hydrogen) atoms. The molecular formula is C18H29N3O4. The first-order chi connectivity index (χ1) is 12.0. The molecule has 0 spiro atoms. The van der Waals surface area contributed by atoms with Gasteiger partial charge in [0.2, 0.25) is 11.7 Å². The minimum absolute atomic E-state index is 0.0648. The van der Waals surface area contributed by atoms with Gasteiger partial charge in [0.25, 0.3) is 0 Å². The zero-order chi connectivity index (χ0) is 18.4. The van der Waals surface area contributed by atoms with Crippen molar-refractivity contribution in [2.24, 2.45) is 0 Å². The summed E-state index contributed by atoms with van der Waals surface area (Å²) >= 11 is 0. The van der Waals surface area contributed by atoms with Gasteiger partial charge >= 0.3 is 0 Å². The van der Waals surface area contributed by atoms with Crippen molar-refractivity contribution in [3.05, 3.63) is 17.7 Å². The lowest BCUT2D eigenvalue weighted by molar-refractivity contribution is -0.126. The molecule has 1 fully saturated rings. The minimum Gasteiger partial charge on any atom is -0.493 e. The number of ether oxygens (including phenoxy) is 3. The number of amides is 1. The lowest BCUT2D eigenvalue weighted by atomic mass is 10.1. The smallest absolute Gasteiger partial charge is 0.236 e. The summed E-state index contributed by atoms with van der Waals surface area (Å²) < 4.78 is 16.3. The minimum atomic E-state index is -0.0947. The molecule has 0 bridgehead atoms. The van der Waals surface area contributed by atoms with Crippen LogP contribution < -0.4 is 19.5 Å². The van der Waals surface area contributed by atoms with Gasteiger partial charge in [-0.2, -0.15) is 0 Å². The molecule has 0 unspecified atom stereocenters. The lowest BCUT2D eigenvalue weighted by Crippen LogP contribution is -2.53. The second kappa shape index (κ2) is 8.92. The Bertz CT molecular complexity index is 586. The van der Waals surface area contributed by atoms with E-state index in [2.05, 4.69) is 15.1 Å². The largest absolute Gasteiger partial charge is 0.493 e. The number of hydrogen-bond acceptors (Lipinski definition) is 6. The summed E-state index contributed by atoms with van der Waals surface area (Å²) in [5, 5.41) is 2.72. The van der Waals surface area contributed by atoms with E-state index in [1.165, 1.54) is 0 Å². The van der Waals surface area contributed by atoms with Crippen LogP contribution in [0.5, 0.6) is 17.2 Å². The van der Waals surface area contributed by atoms with Gasteiger partial charge in [-0.25, -0.2) is 0 Å². The third-order valence-corrected chi connectivity index (χ3v) is 4.76. The van der Waals surface area contributed by atoms with Gasteiger partial charge in [0.1, 0.15) is 0 Å². The van der Waals surface area contributed by atoms with Crippen LogP contribution in [0.25, 0.3) is 0 Å². The van der Waals surface area contributed by atoms with Crippen LogP contribution in [0.4, 0.5) is 0 Å². The molecule has 7 heteroatoms. The maximum atomic E-state index is 11.8. The first kappa shape index (κ1) is 19.3. The Balaban J connectivity index is 2.03. The number of nitrogens with one attached hydrogen (secondary N) is 1. The molecule has 2 rings (SSSR count). The fraction of sp³-hybridized carbons (Fsp3) is 0.611. The van der Waals surface area contributed by atoms with E-state index in [-0.39, 0.29) is 11.9 Å². The molecule has 0 aliphatic carbocycles. The maximum absolute atomic E-state index is 11.8. The number of benzene rings is 1. The Morgan fingerprint density at radius 3 is 2.24 bits per heavy atom. The highest BCUT2D eigenvalue weighted by atomic mass is 16.5. The van der Waals surface area contributed by atoms with Crippen LogP contribution in [0.1, 0.15) is 12.5 Å². The monoisotopic (exact) mass is 351 g/mol. The van der Waals surface area contributed by atoms with E-state index in [0.29, 0.717) is 17.2 Å². The highest BCUT2D eigenvalue weighted by Gasteiger charge is 2.26. The van der Waals surface area contributed by atoms with Crippen molar-refractivity contribution in [3.8, 4) is 17.2 Å². The van der Waals surface area contributed by atoms with Gasteiger partial charge in [0.15, 0.2) is 11.5 Å². The van der Waals surface area contributed by atoms with Crippen molar-refractivity contribution < 1.29 is 19.0 Å². The predicted octanol–water partition coefficient (Wildman–Crippen LogP) is 0.965. The van der Waals surface area contributed by atoms with E-state index in [4.69, 9.17) is 14.2 Å². The number of likely N-dealkylation sites (N-methyl/N-ethyl adjacent to an activating group) is 1. The molecule has 0 aromatic heterocycles. The van der Waals surface area contributed by atoms with E-state index >= 15 is 0 Å². The van der Waals surface area contributed by atoms with Gasteiger partial charge in [-0.3, -0.25) is 14.6 Å². The van der Waals surface area contributed by atoms with Crippen LogP contribution in [-0.2, 0) is 11.3 Å². The molecule has 1 aliphatic rings. The second-order valence-corrected chi connectivity index (χ2v) is 6.10. The van der Waals surface area contributed by atoms with E-state index in [9.17, 15) is 4.79 Å². The summed E-state index contributed by atoms with van der Waals surface area (Å²) in [5.41, 5.74) is 1.06. The number of methoxy groups -OCH3 is 3. The van der Waals surface area contributed by atoms with Crippen LogP contribution >= 0.6 is 0 Å². The van der Waals surface area contributed by atoms with Crippen molar-refractivity contribution in [1.29, 1.82) is 0 Å². The number of carbonyl (C=O) groups excluding carboxylic acids is 1. The Kier molecular flexibility index (Phi) is 6.90. The number of hydrogen-bond donors (Lipinski definition) is 1.